The Morgan fingerprint density at radius 2 is 2.29 bits per heavy atom. The zero-order valence-electron chi connectivity index (χ0n) is 7.79. The van der Waals surface area contributed by atoms with Gasteiger partial charge in [0.25, 0.3) is 0 Å². The second-order valence-corrected chi connectivity index (χ2v) is 3.63. The van der Waals surface area contributed by atoms with Gasteiger partial charge in [0.2, 0.25) is 0 Å². The first-order valence-corrected chi connectivity index (χ1v) is 4.98. The summed E-state index contributed by atoms with van der Waals surface area (Å²) in [4.78, 5) is 11.0. The van der Waals surface area contributed by atoms with Crippen LogP contribution in [0.1, 0.15) is 17.3 Å². The maximum atomic E-state index is 11.0. The van der Waals surface area contributed by atoms with E-state index in [0.717, 1.165) is 4.47 Å². The second kappa shape index (κ2) is 5.12. The maximum Gasteiger partial charge on any atom is 0.159 e. The molecule has 4 heteroatoms. The second-order valence-electron chi connectivity index (χ2n) is 2.77. The van der Waals surface area contributed by atoms with E-state index in [4.69, 9.17) is 9.84 Å². The van der Waals surface area contributed by atoms with E-state index >= 15 is 0 Å². The third-order valence-electron chi connectivity index (χ3n) is 1.69. The average molecular weight is 259 g/mol. The molecule has 0 aliphatic heterocycles. The number of hydrogen-bond donors (Lipinski definition) is 1. The van der Waals surface area contributed by atoms with Crippen molar-refractivity contribution in [2.75, 3.05) is 13.2 Å². The minimum Gasteiger partial charge on any atom is -0.490 e. The molecule has 14 heavy (non-hydrogen) atoms. The number of Topliss-reactive ketones (excluding diaryl/α,β-unsaturated/α-hetero) is 1. The summed E-state index contributed by atoms with van der Waals surface area (Å²) in [6.07, 6.45) is 0. The quantitative estimate of drug-likeness (QED) is 0.841. The van der Waals surface area contributed by atoms with Crippen molar-refractivity contribution in [2.24, 2.45) is 0 Å². The van der Waals surface area contributed by atoms with Gasteiger partial charge in [-0.3, -0.25) is 4.79 Å². The standard InChI is InChI=1S/C10H11BrO3/c1-7(13)8-2-3-10(9(11)6-8)14-5-4-12/h2-3,6,12H,4-5H2,1H3. The molecular weight excluding hydrogens is 248 g/mol. The Morgan fingerprint density at radius 1 is 1.57 bits per heavy atom. The number of rotatable bonds is 4. The van der Waals surface area contributed by atoms with E-state index in [-0.39, 0.29) is 19.0 Å². The van der Waals surface area contributed by atoms with Crippen molar-refractivity contribution < 1.29 is 14.6 Å². The summed E-state index contributed by atoms with van der Waals surface area (Å²) in [6.45, 7) is 1.73. The molecular formula is C10H11BrO3. The van der Waals surface area contributed by atoms with Crippen LogP contribution in [0, 0.1) is 0 Å². The predicted molar refractivity (Wildman–Crippen MR) is 56.7 cm³/mol. The van der Waals surface area contributed by atoms with Crippen LogP contribution in [0.3, 0.4) is 0 Å². The molecule has 0 heterocycles. The molecule has 0 aliphatic rings. The molecule has 0 unspecified atom stereocenters. The SMILES string of the molecule is CC(=O)c1ccc(OCCO)c(Br)c1. The fraction of sp³-hybridized carbons (Fsp3) is 0.300. The summed E-state index contributed by atoms with van der Waals surface area (Å²) < 4.78 is 5.93. The molecule has 0 atom stereocenters. The number of carbonyl (C=O) groups excluding carboxylic acids is 1. The Hall–Kier alpha value is -0.870. The van der Waals surface area contributed by atoms with Crippen molar-refractivity contribution in [1.82, 2.24) is 0 Å². The highest BCUT2D eigenvalue weighted by Crippen LogP contribution is 2.25. The highest BCUT2D eigenvalue weighted by atomic mass is 79.9. The summed E-state index contributed by atoms with van der Waals surface area (Å²) in [5.74, 6) is 0.642. The molecule has 0 spiro atoms. The van der Waals surface area contributed by atoms with Crippen LogP contribution < -0.4 is 4.74 Å². The first kappa shape index (κ1) is 11.2. The summed E-state index contributed by atoms with van der Waals surface area (Å²) in [7, 11) is 0. The number of aliphatic hydroxyl groups is 1. The third kappa shape index (κ3) is 2.82. The van der Waals surface area contributed by atoms with Gasteiger partial charge in [-0.05, 0) is 41.1 Å². The lowest BCUT2D eigenvalue weighted by atomic mass is 10.1. The van der Waals surface area contributed by atoms with Crippen molar-refractivity contribution >= 4 is 21.7 Å². The van der Waals surface area contributed by atoms with Crippen molar-refractivity contribution in [1.29, 1.82) is 0 Å². The van der Waals surface area contributed by atoms with Crippen LogP contribution in [0.5, 0.6) is 5.75 Å². The predicted octanol–water partition coefficient (Wildman–Crippen LogP) is 2.02. The van der Waals surface area contributed by atoms with Gasteiger partial charge in [0.15, 0.2) is 5.78 Å². The number of hydrogen-bond acceptors (Lipinski definition) is 3. The zero-order valence-corrected chi connectivity index (χ0v) is 9.37. The number of benzene rings is 1. The van der Waals surface area contributed by atoms with Crippen LogP contribution in [-0.2, 0) is 0 Å². The highest BCUT2D eigenvalue weighted by molar-refractivity contribution is 9.10. The van der Waals surface area contributed by atoms with Gasteiger partial charge < -0.3 is 9.84 Å². The maximum absolute atomic E-state index is 11.0. The molecule has 0 bridgehead atoms. The molecule has 0 aliphatic carbocycles. The summed E-state index contributed by atoms with van der Waals surface area (Å²) in [5.41, 5.74) is 0.633. The van der Waals surface area contributed by atoms with Gasteiger partial charge in [-0.1, -0.05) is 0 Å². The number of halogens is 1. The molecule has 0 amide bonds. The number of ketones is 1. The lowest BCUT2D eigenvalue weighted by molar-refractivity contribution is 0.101. The topological polar surface area (TPSA) is 46.5 Å². The lowest BCUT2D eigenvalue weighted by Crippen LogP contribution is -2.02. The van der Waals surface area contributed by atoms with Crippen LogP contribution in [0.15, 0.2) is 22.7 Å². The molecule has 0 aromatic heterocycles. The van der Waals surface area contributed by atoms with Crippen LogP contribution in [0.25, 0.3) is 0 Å². The van der Waals surface area contributed by atoms with Crippen LogP contribution >= 0.6 is 15.9 Å². The summed E-state index contributed by atoms with van der Waals surface area (Å²) >= 11 is 3.29. The van der Waals surface area contributed by atoms with E-state index < -0.39 is 0 Å². The van der Waals surface area contributed by atoms with E-state index in [1.807, 2.05) is 0 Å². The van der Waals surface area contributed by atoms with Crippen LogP contribution in [-0.4, -0.2) is 24.1 Å². The van der Waals surface area contributed by atoms with Crippen molar-refractivity contribution in [2.45, 2.75) is 6.92 Å². The lowest BCUT2D eigenvalue weighted by Gasteiger charge is -2.07. The molecule has 1 aromatic rings. The van der Waals surface area contributed by atoms with Gasteiger partial charge in [0.05, 0.1) is 11.1 Å². The van der Waals surface area contributed by atoms with Crippen molar-refractivity contribution in [3.05, 3.63) is 28.2 Å². The molecule has 0 radical (unpaired) electrons. The number of carbonyl (C=O) groups is 1. The Bertz CT molecular complexity index is 336. The summed E-state index contributed by atoms with van der Waals surface area (Å²) in [5, 5.41) is 8.57. The zero-order chi connectivity index (χ0) is 10.6. The fourth-order valence-electron chi connectivity index (χ4n) is 0.992. The fourth-order valence-corrected chi connectivity index (χ4v) is 1.49. The van der Waals surface area contributed by atoms with Crippen LogP contribution in [0.2, 0.25) is 0 Å². The third-order valence-corrected chi connectivity index (χ3v) is 2.31. The van der Waals surface area contributed by atoms with Gasteiger partial charge in [0, 0.05) is 5.56 Å². The summed E-state index contributed by atoms with van der Waals surface area (Å²) in [6, 6.07) is 5.10. The van der Waals surface area contributed by atoms with E-state index in [2.05, 4.69) is 15.9 Å². The van der Waals surface area contributed by atoms with E-state index in [1.54, 1.807) is 18.2 Å². The van der Waals surface area contributed by atoms with E-state index in [0.29, 0.717) is 11.3 Å². The normalized spacial score (nSPS) is 9.93. The molecule has 0 saturated carbocycles. The van der Waals surface area contributed by atoms with Gasteiger partial charge in [-0.2, -0.15) is 0 Å². The van der Waals surface area contributed by atoms with Crippen molar-refractivity contribution in [3.8, 4) is 5.75 Å². The van der Waals surface area contributed by atoms with Gasteiger partial charge >= 0.3 is 0 Å². The van der Waals surface area contributed by atoms with Crippen molar-refractivity contribution in [3.63, 3.8) is 0 Å². The highest BCUT2D eigenvalue weighted by Gasteiger charge is 2.04. The smallest absolute Gasteiger partial charge is 0.159 e. The van der Waals surface area contributed by atoms with E-state index in [1.165, 1.54) is 6.92 Å². The molecule has 3 nitrogen and oxygen atoms in total. The molecule has 1 aromatic carbocycles. The number of aliphatic hydroxyl groups excluding tert-OH is 1. The van der Waals surface area contributed by atoms with Gasteiger partial charge in [-0.15, -0.1) is 0 Å². The Morgan fingerprint density at radius 3 is 2.79 bits per heavy atom. The molecule has 0 saturated heterocycles. The Kier molecular flexibility index (Phi) is 4.10. The average Bonchev–Trinajstić information content (AvgIpc) is 2.15. The molecule has 76 valence electrons. The van der Waals surface area contributed by atoms with Gasteiger partial charge in [-0.25, -0.2) is 0 Å². The molecule has 1 N–H and O–H groups in total. The molecule has 1 rings (SSSR count). The first-order chi connectivity index (χ1) is 6.65. The van der Waals surface area contributed by atoms with Crippen LogP contribution in [0.4, 0.5) is 0 Å². The largest absolute Gasteiger partial charge is 0.490 e. The van der Waals surface area contributed by atoms with E-state index in [9.17, 15) is 4.79 Å². The number of ether oxygens (including phenoxy) is 1. The van der Waals surface area contributed by atoms with Gasteiger partial charge in [0.1, 0.15) is 12.4 Å². The Labute approximate surface area is 90.8 Å². The Balaban J connectivity index is 2.84. The molecule has 0 fully saturated rings. The monoisotopic (exact) mass is 258 g/mol. The first-order valence-electron chi connectivity index (χ1n) is 4.19. The minimum atomic E-state index is -0.0269. The minimum absolute atomic E-state index is 0.0133.